The molecule has 1 aromatic heterocycles. The van der Waals surface area contributed by atoms with Crippen molar-refractivity contribution >= 4 is 0 Å². The maximum absolute atomic E-state index is 4.18. The van der Waals surface area contributed by atoms with Gasteiger partial charge in [-0.2, -0.15) is 0 Å². The number of nitrogens with zero attached hydrogens (tertiary/aromatic N) is 1. The van der Waals surface area contributed by atoms with E-state index in [1.807, 2.05) is 24.4 Å². The van der Waals surface area contributed by atoms with E-state index in [0.717, 1.165) is 12.1 Å². The van der Waals surface area contributed by atoms with E-state index in [9.17, 15) is 0 Å². The number of hydrogen-bond donors (Lipinski definition) is 0. The third-order valence-electron chi connectivity index (χ3n) is 1.28. The summed E-state index contributed by atoms with van der Waals surface area (Å²) in [4.78, 5) is 4.18. The molecule has 1 atom stereocenters. The van der Waals surface area contributed by atoms with Gasteiger partial charge >= 0.3 is 0 Å². The van der Waals surface area contributed by atoms with E-state index in [4.69, 9.17) is 0 Å². The minimum Gasteiger partial charge on any atom is -0.261 e. The number of pyridine rings is 1. The third kappa shape index (κ3) is 2.18. The summed E-state index contributed by atoms with van der Waals surface area (Å²) in [5.41, 5.74) is 1.13. The summed E-state index contributed by atoms with van der Waals surface area (Å²) in [5, 5.41) is 0. The Morgan fingerprint density at radius 3 is 2.90 bits per heavy atom. The van der Waals surface area contributed by atoms with Crippen LogP contribution >= 0.6 is 0 Å². The van der Waals surface area contributed by atoms with Gasteiger partial charge in [0.1, 0.15) is 0 Å². The Morgan fingerprint density at radius 2 is 2.40 bits per heavy atom. The molecule has 0 N–H and O–H groups in total. The van der Waals surface area contributed by atoms with Gasteiger partial charge in [0.15, 0.2) is 0 Å². The Labute approximate surface area is 62.1 Å². The molecule has 1 radical (unpaired) electrons. The molecule has 1 aromatic rings. The third-order valence-corrected chi connectivity index (χ3v) is 1.28. The molecule has 0 saturated heterocycles. The predicted molar refractivity (Wildman–Crippen MR) is 42.5 cm³/mol. The molecule has 1 heteroatoms. The summed E-state index contributed by atoms with van der Waals surface area (Å²) in [7, 11) is 0. The highest BCUT2D eigenvalue weighted by Gasteiger charge is 1.95. The molecule has 10 heavy (non-hydrogen) atoms. The Morgan fingerprint density at radius 1 is 1.60 bits per heavy atom. The summed E-state index contributed by atoms with van der Waals surface area (Å²) in [6.07, 6.45) is 2.79. The molecule has 0 aliphatic rings. The van der Waals surface area contributed by atoms with Gasteiger partial charge in [-0.1, -0.05) is 19.9 Å². The van der Waals surface area contributed by atoms with Crippen LogP contribution in [0.5, 0.6) is 0 Å². The monoisotopic (exact) mass is 134 g/mol. The fourth-order valence-electron chi connectivity index (χ4n) is 0.876. The molecule has 0 saturated carbocycles. The van der Waals surface area contributed by atoms with E-state index in [1.165, 1.54) is 0 Å². The van der Waals surface area contributed by atoms with Gasteiger partial charge in [0, 0.05) is 11.9 Å². The highest BCUT2D eigenvalue weighted by atomic mass is 14.7. The summed E-state index contributed by atoms with van der Waals surface area (Å²) in [6.45, 7) is 5.99. The maximum Gasteiger partial charge on any atom is 0.0406 e. The van der Waals surface area contributed by atoms with E-state index < -0.39 is 0 Å². The van der Waals surface area contributed by atoms with Crippen LogP contribution in [-0.2, 0) is 6.42 Å². The van der Waals surface area contributed by atoms with Crippen LogP contribution in [0, 0.1) is 12.8 Å². The van der Waals surface area contributed by atoms with Crippen LogP contribution in [0.3, 0.4) is 0 Å². The Hall–Kier alpha value is -0.850. The van der Waals surface area contributed by atoms with Gasteiger partial charge in [0.05, 0.1) is 0 Å². The first-order valence-corrected chi connectivity index (χ1v) is 3.52. The Bertz CT molecular complexity index is 179. The molecule has 0 aliphatic carbocycles. The van der Waals surface area contributed by atoms with Gasteiger partial charge in [-0.3, -0.25) is 4.98 Å². The molecule has 0 fully saturated rings. The second-order valence-corrected chi connectivity index (χ2v) is 2.63. The van der Waals surface area contributed by atoms with Crippen LogP contribution in [0.1, 0.15) is 12.6 Å². The van der Waals surface area contributed by atoms with Crippen molar-refractivity contribution in [3.8, 4) is 0 Å². The molecule has 53 valence electrons. The Kier molecular flexibility index (Phi) is 2.43. The van der Waals surface area contributed by atoms with Crippen molar-refractivity contribution in [1.82, 2.24) is 4.98 Å². The lowest BCUT2D eigenvalue weighted by Gasteiger charge is -2.01. The minimum atomic E-state index is 0.454. The highest BCUT2D eigenvalue weighted by Crippen LogP contribution is 2.02. The zero-order valence-electron chi connectivity index (χ0n) is 6.25. The SMILES string of the molecule is [CH2]C(C)Cc1ccccn1. The van der Waals surface area contributed by atoms with E-state index in [-0.39, 0.29) is 0 Å². The first kappa shape index (κ1) is 7.26. The van der Waals surface area contributed by atoms with Gasteiger partial charge in [0.2, 0.25) is 0 Å². The molecular weight excluding hydrogens is 122 g/mol. The second kappa shape index (κ2) is 3.35. The second-order valence-electron chi connectivity index (χ2n) is 2.63. The van der Waals surface area contributed by atoms with Gasteiger partial charge in [0.25, 0.3) is 0 Å². The van der Waals surface area contributed by atoms with Crippen molar-refractivity contribution in [2.75, 3.05) is 0 Å². The molecular formula is C9H12N. The van der Waals surface area contributed by atoms with Crippen molar-refractivity contribution in [2.45, 2.75) is 13.3 Å². The largest absolute Gasteiger partial charge is 0.261 e. The highest BCUT2D eigenvalue weighted by molar-refractivity contribution is 5.04. The summed E-state index contributed by atoms with van der Waals surface area (Å²) >= 11 is 0. The fraction of sp³-hybridized carbons (Fsp3) is 0.333. The number of hydrogen-bond acceptors (Lipinski definition) is 1. The van der Waals surface area contributed by atoms with Crippen molar-refractivity contribution in [3.63, 3.8) is 0 Å². The molecule has 1 nitrogen and oxygen atoms in total. The molecule has 0 amide bonds. The standard InChI is InChI=1S/C9H12N/c1-8(2)7-9-5-3-4-6-10-9/h3-6,8H,1,7H2,2H3. The van der Waals surface area contributed by atoms with E-state index in [2.05, 4.69) is 18.8 Å². The number of rotatable bonds is 2. The van der Waals surface area contributed by atoms with Gasteiger partial charge in [-0.25, -0.2) is 0 Å². The van der Waals surface area contributed by atoms with Crippen LogP contribution < -0.4 is 0 Å². The lowest BCUT2D eigenvalue weighted by molar-refractivity contribution is 0.703. The van der Waals surface area contributed by atoms with Gasteiger partial charge in [-0.15, -0.1) is 0 Å². The predicted octanol–water partition coefficient (Wildman–Crippen LogP) is 2.09. The molecule has 0 aromatic carbocycles. The molecule has 1 unspecified atom stereocenters. The molecule has 1 heterocycles. The first-order chi connectivity index (χ1) is 4.79. The number of aromatic nitrogens is 1. The van der Waals surface area contributed by atoms with Crippen LogP contribution in [0.2, 0.25) is 0 Å². The average molecular weight is 134 g/mol. The van der Waals surface area contributed by atoms with E-state index >= 15 is 0 Å². The van der Waals surface area contributed by atoms with Crippen LogP contribution in [0.4, 0.5) is 0 Å². The summed E-state index contributed by atoms with van der Waals surface area (Å²) in [5.74, 6) is 0.454. The minimum absolute atomic E-state index is 0.454. The van der Waals surface area contributed by atoms with E-state index in [0.29, 0.717) is 5.92 Å². The molecule has 0 spiro atoms. The van der Waals surface area contributed by atoms with Crippen LogP contribution in [0.25, 0.3) is 0 Å². The smallest absolute Gasteiger partial charge is 0.0406 e. The lowest BCUT2D eigenvalue weighted by atomic mass is 10.1. The van der Waals surface area contributed by atoms with Gasteiger partial charge < -0.3 is 0 Å². The molecule has 1 rings (SSSR count). The van der Waals surface area contributed by atoms with Crippen LogP contribution in [0.15, 0.2) is 24.4 Å². The van der Waals surface area contributed by atoms with Crippen molar-refractivity contribution in [3.05, 3.63) is 37.0 Å². The van der Waals surface area contributed by atoms with Crippen molar-refractivity contribution in [1.29, 1.82) is 0 Å². The fourth-order valence-corrected chi connectivity index (χ4v) is 0.876. The quantitative estimate of drug-likeness (QED) is 0.603. The van der Waals surface area contributed by atoms with Gasteiger partial charge in [-0.05, 0) is 24.5 Å². The van der Waals surface area contributed by atoms with Crippen molar-refractivity contribution < 1.29 is 0 Å². The topological polar surface area (TPSA) is 12.9 Å². The van der Waals surface area contributed by atoms with Crippen LogP contribution in [-0.4, -0.2) is 4.98 Å². The Balaban J connectivity index is 2.59. The normalized spacial score (nSPS) is 10.3. The first-order valence-electron chi connectivity index (χ1n) is 3.52. The summed E-state index contributed by atoms with van der Waals surface area (Å²) < 4.78 is 0. The zero-order valence-corrected chi connectivity index (χ0v) is 6.25. The average Bonchev–Trinajstić information content (AvgIpc) is 1.88. The maximum atomic E-state index is 4.18. The molecule has 0 aliphatic heterocycles. The van der Waals surface area contributed by atoms with E-state index in [1.54, 1.807) is 0 Å². The molecule has 0 bridgehead atoms. The summed E-state index contributed by atoms with van der Waals surface area (Å²) in [6, 6.07) is 5.96. The van der Waals surface area contributed by atoms with Crippen molar-refractivity contribution in [2.24, 2.45) is 5.92 Å². The zero-order chi connectivity index (χ0) is 7.40. The lowest BCUT2D eigenvalue weighted by Crippen LogP contribution is -1.95.